The number of azo groups is 1. The van der Waals surface area contributed by atoms with Crippen LogP contribution in [0.3, 0.4) is 0 Å². The van der Waals surface area contributed by atoms with Crippen molar-refractivity contribution in [3.63, 3.8) is 0 Å². The van der Waals surface area contributed by atoms with E-state index in [9.17, 15) is 0 Å². The first-order chi connectivity index (χ1) is 9.93. The van der Waals surface area contributed by atoms with Gasteiger partial charge in [0.15, 0.2) is 0 Å². The van der Waals surface area contributed by atoms with Gasteiger partial charge in [-0.25, -0.2) is 4.99 Å². The molecule has 1 heterocycles. The van der Waals surface area contributed by atoms with Crippen molar-refractivity contribution in [1.82, 2.24) is 0 Å². The van der Waals surface area contributed by atoms with Crippen LogP contribution >= 0.6 is 0 Å². The molecule has 1 aliphatic heterocycles. The smallest absolute Gasteiger partial charge is 0.138 e. The summed E-state index contributed by atoms with van der Waals surface area (Å²) in [6, 6.07) is 20.0. The molecular formula is C17H13N3. The number of aliphatic imine (C=N–C) groups is 1. The summed E-state index contributed by atoms with van der Waals surface area (Å²) in [5.74, 6) is 0. The Kier molecular flexibility index (Phi) is 3.60. The maximum atomic E-state index is 4.31. The standard InChI is InChI=1S/C17H13N3/c1-3-7-14(8-4-1)16-11-12-17(20-19-13-18-16)15-9-5-2-6-10-15/h1-13H. The first-order valence-electron chi connectivity index (χ1n) is 6.40. The van der Waals surface area contributed by atoms with Crippen LogP contribution in [0.1, 0.15) is 11.1 Å². The lowest BCUT2D eigenvalue weighted by Gasteiger charge is -2.04. The number of benzene rings is 2. The molecule has 0 saturated heterocycles. The van der Waals surface area contributed by atoms with Crippen LogP contribution in [0.25, 0.3) is 11.4 Å². The van der Waals surface area contributed by atoms with Gasteiger partial charge in [-0.3, -0.25) is 0 Å². The fourth-order valence-electron chi connectivity index (χ4n) is 1.95. The van der Waals surface area contributed by atoms with Gasteiger partial charge in [0, 0.05) is 11.1 Å². The Morgan fingerprint density at radius 3 is 1.80 bits per heavy atom. The van der Waals surface area contributed by atoms with Gasteiger partial charge in [0.1, 0.15) is 6.34 Å². The van der Waals surface area contributed by atoms with Crippen molar-refractivity contribution in [1.29, 1.82) is 0 Å². The molecule has 0 bridgehead atoms. The molecule has 0 aromatic heterocycles. The minimum Gasteiger partial charge on any atom is -0.234 e. The predicted molar refractivity (Wildman–Crippen MR) is 82.2 cm³/mol. The van der Waals surface area contributed by atoms with E-state index in [0.29, 0.717) is 0 Å². The van der Waals surface area contributed by atoms with Crippen molar-refractivity contribution in [3.05, 3.63) is 83.9 Å². The molecule has 0 amide bonds. The fourth-order valence-corrected chi connectivity index (χ4v) is 1.95. The third-order valence-corrected chi connectivity index (χ3v) is 2.95. The van der Waals surface area contributed by atoms with Crippen LogP contribution in [0.15, 0.2) is 88.0 Å². The molecule has 0 atom stereocenters. The van der Waals surface area contributed by atoms with Gasteiger partial charge in [-0.15, -0.1) is 10.2 Å². The zero-order chi connectivity index (χ0) is 13.6. The molecule has 1 aliphatic rings. The summed E-state index contributed by atoms with van der Waals surface area (Å²) >= 11 is 0. The summed E-state index contributed by atoms with van der Waals surface area (Å²) in [4.78, 5) is 4.31. The highest BCUT2D eigenvalue weighted by Crippen LogP contribution is 2.21. The van der Waals surface area contributed by atoms with E-state index in [1.807, 2.05) is 72.8 Å². The van der Waals surface area contributed by atoms with Crippen molar-refractivity contribution in [3.8, 4) is 0 Å². The van der Waals surface area contributed by atoms with Crippen LogP contribution in [0, 0.1) is 0 Å². The maximum Gasteiger partial charge on any atom is 0.138 e. The SMILES string of the molecule is C1=NC(c2ccccc2)=CC=C(c2ccccc2)N=N1. The lowest BCUT2D eigenvalue weighted by atomic mass is 10.1. The largest absolute Gasteiger partial charge is 0.234 e. The summed E-state index contributed by atoms with van der Waals surface area (Å²) in [6.45, 7) is 0. The molecule has 0 spiro atoms. The third kappa shape index (κ3) is 2.78. The molecule has 3 heteroatoms. The van der Waals surface area contributed by atoms with Gasteiger partial charge in [-0.05, 0) is 12.2 Å². The molecule has 0 aliphatic carbocycles. The molecule has 0 radical (unpaired) electrons. The quantitative estimate of drug-likeness (QED) is 0.758. The van der Waals surface area contributed by atoms with E-state index in [0.717, 1.165) is 22.5 Å². The third-order valence-electron chi connectivity index (χ3n) is 2.95. The second kappa shape index (κ2) is 5.89. The van der Waals surface area contributed by atoms with Gasteiger partial charge in [0.2, 0.25) is 0 Å². The summed E-state index contributed by atoms with van der Waals surface area (Å²) in [5.41, 5.74) is 3.79. The molecule has 0 fully saturated rings. The molecule has 0 saturated carbocycles. The second-order valence-corrected chi connectivity index (χ2v) is 4.30. The van der Waals surface area contributed by atoms with E-state index >= 15 is 0 Å². The number of allylic oxidation sites excluding steroid dienone is 2. The van der Waals surface area contributed by atoms with Gasteiger partial charge < -0.3 is 0 Å². The van der Waals surface area contributed by atoms with Crippen molar-refractivity contribution in [2.75, 3.05) is 0 Å². The highest BCUT2D eigenvalue weighted by atomic mass is 15.1. The lowest BCUT2D eigenvalue weighted by molar-refractivity contribution is 1.29. The first-order valence-corrected chi connectivity index (χ1v) is 6.40. The molecular weight excluding hydrogens is 246 g/mol. The second-order valence-electron chi connectivity index (χ2n) is 4.30. The summed E-state index contributed by atoms with van der Waals surface area (Å²) in [6.07, 6.45) is 5.39. The first kappa shape index (κ1) is 12.2. The van der Waals surface area contributed by atoms with Crippen LogP contribution in [0.5, 0.6) is 0 Å². The minimum absolute atomic E-state index is 0.824. The zero-order valence-electron chi connectivity index (χ0n) is 10.8. The number of rotatable bonds is 2. The Bertz CT molecular complexity index is 632. The average Bonchev–Trinajstić information content (AvgIpc) is 2.49. The van der Waals surface area contributed by atoms with E-state index in [1.54, 1.807) is 0 Å². The van der Waals surface area contributed by atoms with E-state index in [1.165, 1.54) is 6.34 Å². The summed E-state index contributed by atoms with van der Waals surface area (Å²) in [5, 5.41) is 8.16. The van der Waals surface area contributed by atoms with Gasteiger partial charge in [0.25, 0.3) is 0 Å². The Morgan fingerprint density at radius 2 is 1.15 bits per heavy atom. The van der Waals surface area contributed by atoms with Crippen molar-refractivity contribution in [2.24, 2.45) is 15.2 Å². The number of hydrogen-bond donors (Lipinski definition) is 0. The highest BCUT2D eigenvalue weighted by Gasteiger charge is 2.02. The molecule has 2 aromatic rings. The normalized spacial score (nSPS) is 14.2. The van der Waals surface area contributed by atoms with Gasteiger partial charge in [0.05, 0.1) is 11.4 Å². The Hall–Kier alpha value is -2.81. The Morgan fingerprint density at radius 1 is 0.600 bits per heavy atom. The summed E-state index contributed by atoms with van der Waals surface area (Å²) < 4.78 is 0. The maximum absolute atomic E-state index is 4.31. The summed E-state index contributed by atoms with van der Waals surface area (Å²) in [7, 11) is 0. The molecule has 3 nitrogen and oxygen atoms in total. The topological polar surface area (TPSA) is 37.1 Å². The monoisotopic (exact) mass is 259 g/mol. The van der Waals surface area contributed by atoms with Gasteiger partial charge in [-0.1, -0.05) is 60.7 Å². The van der Waals surface area contributed by atoms with Gasteiger partial charge in [-0.2, -0.15) is 0 Å². The minimum atomic E-state index is 0.824. The van der Waals surface area contributed by atoms with E-state index < -0.39 is 0 Å². The number of nitrogens with zero attached hydrogens (tertiary/aromatic N) is 3. The predicted octanol–water partition coefficient (Wildman–Crippen LogP) is 4.56. The molecule has 96 valence electrons. The van der Waals surface area contributed by atoms with Crippen LogP contribution in [-0.2, 0) is 0 Å². The Labute approximate surface area is 117 Å². The lowest BCUT2D eigenvalue weighted by Crippen LogP contribution is -1.85. The van der Waals surface area contributed by atoms with Crippen LogP contribution in [0.2, 0.25) is 0 Å². The molecule has 0 unspecified atom stereocenters. The van der Waals surface area contributed by atoms with Crippen molar-refractivity contribution in [2.45, 2.75) is 0 Å². The van der Waals surface area contributed by atoms with E-state index in [-0.39, 0.29) is 0 Å². The van der Waals surface area contributed by atoms with Crippen LogP contribution < -0.4 is 0 Å². The van der Waals surface area contributed by atoms with Crippen LogP contribution in [0.4, 0.5) is 0 Å². The zero-order valence-corrected chi connectivity index (χ0v) is 10.8. The highest BCUT2D eigenvalue weighted by molar-refractivity contribution is 5.78. The molecule has 20 heavy (non-hydrogen) atoms. The molecule has 0 N–H and O–H groups in total. The van der Waals surface area contributed by atoms with Crippen molar-refractivity contribution >= 4 is 17.7 Å². The molecule has 2 aromatic carbocycles. The van der Waals surface area contributed by atoms with E-state index in [4.69, 9.17) is 0 Å². The van der Waals surface area contributed by atoms with Crippen LogP contribution in [-0.4, -0.2) is 6.34 Å². The van der Waals surface area contributed by atoms with Gasteiger partial charge >= 0.3 is 0 Å². The fraction of sp³-hybridized carbons (Fsp3) is 0. The molecule has 3 rings (SSSR count). The Balaban J connectivity index is 1.99. The van der Waals surface area contributed by atoms with E-state index in [2.05, 4.69) is 15.2 Å². The average molecular weight is 259 g/mol. The van der Waals surface area contributed by atoms with Crippen molar-refractivity contribution < 1.29 is 0 Å². The number of hydrogen-bond acceptors (Lipinski definition) is 3.